The smallest absolute Gasteiger partial charge is 0.417 e. The van der Waals surface area contributed by atoms with Crippen molar-refractivity contribution in [2.75, 3.05) is 13.2 Å². The molecule has 0 bridgehead atoms. The molecule has 0 spiro atoms. The molecule has 17 heavy (non-hydrogen) atoms. The molecule has 0 atom stereocenters. The molecule has 98 valence electrons. The van der Waals surface area contributed by atoms with Crippen LogP contribution >= 0.6 is 0 Å². The highest BCUT2D eigenvalue weighted by Gasteiger charge is 2.34. The lowest BCUT2D eigenvalue weighted by Crippen LogP contribution is -2.24. The zero-order valence-electron chi connectivity index (χ0n) is 9.47. The summed E-state index contributed by atoms with van der Waals surface area (Å²) in [5, 5.41) is 0. The third-order valence-corrected chi connectivity index (χ3v) is 1.62. The number of ether oxygens (including phenoxy) is 2. The normalized spacial score (nSPS) is 12.2. The molecule has 0 fully saturated rings. The van der Waals surface area contributed by atoms with Crippen LogP contribution in [0.2, 0.25) is 0 Å². The molecular weight excluding hydrogens is 241 g/mol. The molecule has 0 aliphatic heterocycles. The molecule has 7 heteroatoms. The van der Waals surface area contributed by atoms with Gasteiger partial charge < -0.3 is 9.47 Å². The van der Waals surface area contributed by atoms with E-state index in [2.05, 4.69) is 9.47 Å². The molecule has 0 aromatic carbocycles. The quantitative estimate of drug-likeness (QED) is 0.437. The van der Waals surface area contributed by atoms with Crippen LogP contribution in [0, 0.1) is 0 Å². The first-order chi connectivity index (χ1) is 7.82. The largest absolute Gasteiger partial charge is 0.458 e. The summed E-state index contributed by atoms with van der Waals surface area (Å²) in [6.45, 7) is 1.93. The number of carbonyl (C=O) groups is 2. The molecular formula is C10H13F3O4. The lowest BCUT2D eigenvalue weighted by atomic mass is 10.2. The molecule has 0 aromatic heterocycles. The molecule has 0 rings (SSSR count). The summed E-state index contributed by atoms with van der Waals surface area (Å²) in [6.07, 6.45) is -3.55. The van der Waals surface area contributed by atoms with E-state index in [4.69, 9.17) is 0 Å². The Balaban J connectivity index is 4.38. The van der Waals surface area contributed by atoms with E-state index in [0.717, 1.165) is 6.08 Å². The van der Waals surface area contributed by atoms with Crippen LogP contribution in [0.1, 0.15) is 20.3 Å². The number of alkyl halides is 3. The van der Waals surface area contributed by atoms with Gasteiger partial charge in [0.15, 0.2) is 0 Å². The van der Waals surface area contributed by atoms with E-state index < -0.39 is 30.3 Å². The van der Waals surface area contributed by atoms with Crippen molar-refractivity contribution in [3.05, 3.63) is 11.6 Å². The molecule has 4 nitrogen and oxygen atoms in total. The summed E-state index contributed by atoms with van der Waals surface area (Å²) in [5.74, 6) is -2.73. The third-order valence-electron chi connectivity index (χ3n) is 1.62. The van der Waals surface area contributed by atoms with Crippen LogP contribution < -0.4 is 0 Å². The highest BCUT2D eigenvalue weighted by molar-refractivity contribution is 6.29. The summed E-state index contributed by atoms with van der Waals surface area (Å²) < 4.78 is 45.5. The van der Waals surface area contributed by atoms with Crippen LogP contribution in [0.25, 0.3) is 0 Å². The molecule has 0 N–H and O–H groups in total. The van der Waals surface area contributed by atoms with Gasteiger partial charge in [-0.3, -0.25) is 0 Å². The van der Waals surface area contributed by atoms with Gasteiger partial charge in [0.05, 0.1) is 12.2 Å². The number of hydrogen-bond donors (Lipinski definition) is 0. The summed E-state index contributed by atoms with van der Waals surface area (Å²) >= 11 is 0. The molecule has 0 aromatic rings. The van der Waals surface area contributed by atoms with Crippen molar-refractivity contribution >= 4 is 11.9 Å². The van der Waals surface area contributed by atoms with Gasteiger partial charge in [0.25, 0.3) is 0 Å². The zero-order valence-corrected chi connectivity index (χ0v) is 9.47. The average molecular weight is 254 g/mol. The van der Waals surface area contributed by atoms with E-state index in [9.17, 15) is 22.8 Å². The van der Waals surface area contributed by atoms with Gasteiger partial charge in [0, 0.05) is 0 Å². The Morgan fingerprint density at radius 3 is 2.06 bits per heavy atom. The van der Waals surface area contributed by atoms with Crippen LogP contribution in [0.5, 0.6) is 0 Å². The van der Waals surface area contributed by atoms with E-state index in [0.29, 0.717) is 0 Å². The van der Waals surface area contributed by atoms with Crippen molar-refractivity contribution in [1.29, 1.82) is 0 Å². The number of allylic oxidation sites excluding steroid dienone is 1. The Morgan fingerprint density at radius 2 is 1.65 bits per heavy atom. The summed E-state index contributed by atoms with van der Waals surface area (Å²) in [7, 11) is 0. The van der Waals surface area contributed by atoms with E-state index in [1.807, 2.05) is 0 Å². The maximum atomic E-state index is 12.3. The first-order valence-electron chi connectivity index (χ1n) is 4.93. The number of carbonyl (C=O) groups excluding carboxylic acids is 2. The minimum absolute atomic E-state index is 0.0507. The molecule has 0 unspecified atom stereocenters. The fourth-order valence-corrected chi connectivity index (χ4v) is 0.895. The Labute approximate surface area is 96.4 Å². The monoisotopic (exact) mass is 254 g/mol. The fourth-order valence-electron chi connectivity index (χ4n) is 0.895. The lowest BCUT2D eigenvalue weighted by Gasteiger charge is -2.11. The Morgan fingerprint density at radius 1 is 1.12 bits per heavy atom. The average Bonchev–Trinajstić information content (AvgIpc) is 2.22. The number of rotatable bonds is 4. The molecule has 0 radical (unpaired) electrons. The second-order valence-corrected chi connectivity index (χ2v) is 2.93. The first-order valence-corrected chi connectivity index (χ1v) is 4.93. The summed E-state index contributed by atoms with van der Waals surface area (Å²) in [5.41, 5.74) is -1.00. The third kappa shape index (κ3) is 5.94. The van der Waals surface area contributed by atoms with Crippen molar-refractivity contribution in [2.24, 2.45) is 0 Å². The number of hydrogen-bond acceptors (Lipinski definition) is 4. The van der Waals surface area contributed by atoms with E-state index >= 15 is 0 Å². The highest BCUT2D eigenvalue weighted by Crippen LogP contribution is 2.26. The zero-order chi connectivity index (χ0) is 13.5. The Kier molecular flexibility index (Phi) is 6.30. The minimum Gasteiger partial charge on any atom is -0.458 e. The maximum Gasteiger partial charge on any atom is 0.417 e. The van der Waals surface area contributed by atoms with Crippen LogP contribution in [-0.2, 0) is 19.1 Å². The number of halogens is 3. The van der Waals surface area contributed by atoms with Crippen LogP contribution in [0.3, 0.4) is 0 Å². The van der Waals surface area contributed by atoms with Crippen LogP contribution in [0.15, 0.2) is 11.6 Å². The van der Waals surface area contributed by atoms with Gasteiger partial charge in [0.1, 0.15) is 6.61 Å². The minimum atomic E-state index is -4.58. The van der Waals surface area contributed by atoms with Crippen molar-refractivity contribution in [3.8, 4) is 0 Å². The molecule has 0 saturated carbocycles. The Bertz CT molecular complexity index is 307. The summed E-state index contributed by atoms with van der Waals surface area (Å²) in [4.78, 5) is 21.6. The van der Waals surface area contributed by atoms with E-state index in [1.165, 1.54) is 13.8 Å². The molecule has 0 heterocycles. The van der Waals surface area contributed by atoms with Crippen LogP contribution in [0.4, 0.5) is 13.2 Å². The number of esters is 2. The van der Waals surface area contributed by atoms with E-state index in [1.54, 1.807) is 0 Å². The van der Waals surface area contributed by atoms with Crippen molar-refractivity contribution < 1.29 is 32.2 Å². The van der Waals surface area contributed by atoms with Crippen molar-refractivity contribution in [1.82, 2.24) is 0 Å². The highest BCUT2D eigenvalue weighted by atomic mass is 19.4. The van der Waals surface area contributed by atoms with E-state index in [-0.39, 0.29) is 13.0 Å². The molecule has 0 aliphatic rings. The molecule has 0 aliphatic carbocycles. The van der Waals surface area contributed by atoms with Gasteiger partial charge in [-0.25, -0.2) is 9.59 Å². The van der Waals surface area contributed by atoms with Crippen molar-refractivity contribution in [2.45, 2.75) is 26.4 Å². The SMILES string of the molecule is CCC=C(COC(=O)C(=O)OCC)C(F)(F)F. The predicted octanol–water partition coefficient (Wildman–Crippen LogP) is 1.99. The maximum absolute atomic E-state index is 12.3. The van der Waals surface area contributed by atoms with Gasteiger partial charge >= 0.3 is 18.1 Å². The lowest BCUT2D eigenvalue weighted by molar-refractivity contribution is -0.168. The first kappa shape index (κ1) is 15.5. The molecule has 0 saturated heterocycles. The van der Waals surface area contributed by atoms with Gasteiger partial charge in [-0.1, -0.05) is 13.0 Å². The van der Waals surface area contributed by atoms with Gasteiger partial charge in [-0.2, -0.15) is 13.2 Å². The predicted molar refractivity (Wildman–Crippen MR) is 52.0 cm³/mol. The van der Waals surface area contributed by atoms with Gasteiger partial charge in [0.2, 0.25) is 0 Å². The fraction of sp³-hybridized carbons (Fsp3) is 0.600. The topological polar surface area (TPSA) is 52.6 Å². The summed E-state index contributed by atoms with van der Waals surface area (Å²) in [6, 6.07) is 0. The second kappa shape index (κ2) is 6.93. The van der Waals surface area contributed by atoms with Gasteiger partial charge in [-0.15, -0.1) is 0 Å². The van der Waals surface area contributed by atoms with Crippen LogP contribution in [-0.4, -0.2) is 31.3 Å². The second-order valence-electron chi connectivity index (χ2n) is 2.93. The van der Waals surface area contributed by atoms with Crippen molar-refractivity contribution in [3.63, 3.8) is 0 Å². The van der Waals surface area contributed by atoms with Gasteiger partial charge in [-0.05, 0) is 13.3 Å². The Hall–Kier alpha value is -1.53. The standard InChI is InChI=1S/C10H13F3O4/c1-3-5-7(10(11,12)13)6-17-9(15)8(14)16-4-2/h5H,3-4,6H2,1-2H3. The molecule has 0 amide bonds.